The lowest BCUT2D eigenvalue weighted by Crippen LogP contribution is -1.96. The fourth-order valence-corrected chi connectivity index (χ4v) is 2.50. The summed E-state index contributed by atoms with van der Waals surface area (Å²) in [5.41, 5.74) is 5.39. The molecule has 2 aromatic rings. The van der Waals surface area contributed by atoms with Gasteiger partial charge in [0.05, 0.1) is 0 Å². The largest absolute Gasteiger partial charge is 0.489 e. The number of hydrogen-bond acceptors (Lipinski definition) is 1. The molecule has 0 heterocycles. The molecule has 90 valence electrons. The maximum Gasteiger partial charge on any atom is 0.123 e. The Morgan fingerprint density at radius 2 is 1.89 bits per heavy atom. The molecule has 18 heavy (non-hydrogen) atoms. The Balaban J connectivity index is 1.98. The quantitative estimate of drug-likeness (QED) is 0.619. The van der Waals surface area contributed by atoms with Crippen LogP contribution in [0.5, 0.6) is 5.75 Å². The van der Waals surface area contributed by atoms with Crippen LogP contribution in [0.1, 0.15) is 18.1 Å². The van der Waals surface area contributed by atoms with Gasteiger partial charge in [-0.05, 0) is 29.7 Å². The Labute approximate surface area is 108 Å². The van der Waals surface area contributed by atoms with Crippen LogP contribution in [-0.4, -0.2) is 6.61 Å². The van der Waals surface area contributed by atoms with Gasteiger partial charge in [-0.15, -0.1) is 0 Å². The van der Waals surface area contributed by atoms with Crippen molar-refractivity contribution >= 4 is 0 Å². The van der Waals surface area contributed by atoms with Crippen LogP contribution in [0, 0.1) is 0 Å². The molecule has 2 aromatic carbocycles. The highest BCUT2D eigenvalue weighted by Crippen LogP contribution is 2.40. The number of benzene rings is 2. The highest BCUT2D eigenvalue weighted by atomic mass is 16.5. The summed E-state index contributed by atoms with van der Waals surface area (Å²) in [6.07, 6.45) is 5.02. The summed E-state index contributed by atoms with van der Waals surface area (Å²) in [6, 6.07) is 14.9. The van der Waals surface area contributed by atoms with E-state index < -0.39 is 0 Å². The molecule has 1 aliphatic carbocycles. The zero-order valence-corrected chi connectivity index (χ0v) is 10.5. The van der Waals surface area contributed by atoms with Gasteiger partial charge in [-0.3, -0.25) is 0 Å². The molecule has 1 heteroatoms. The van der Waals surface area contributed by atoms with E-state index in [0.29, 0.717) is 6.61 Å². The standard InChI is InChI=1S/C17H16O/c1-2-3-11-18-17-10-6-9-15-14-8-5-4-7-13(14)12-16(15)17/h2-10H,11-12H2,1H3. The van der Waals surface area contributed by atoms with E-state index in [1.165, 1.54) is 22.3 Å². The Morgan fingerprint density at radius 1 is 1.06 bits per heavy atom. The average Bonchev–Trinajstić information content (AvgIpc) is 2.79. The average molecular weight is 236 g/mol. The summed E-state index contributed by atoms with van der Waals surface area (Å²) in [5.74, 6) is 1.02. The van der Waals surface area contributed by atoms with Gasteiger partial charge in [-0.2, -0.15) is 0 Å². The van der Waals surface area contributed by atoms with Crippen molar-refractivity contribution in [3.8, 4) is 16.9 Å². The first-order chi connectivity index (χ1) is 8.90. The predicted octanol–water partition coefficient (Wildman–Crippen LogP) is 4.21. The molecule has 0 bridgehead atoms. The first-order valence-corrected chi connectivity index (χ1v) is 6.34. The second kappa shape index (κ2) is 4.69. The molecular weight excluding hydrogens is 220 g/mol. The molecule has 0 radical (unpaired) electrons. The van der Waals surface area contributed by atoms with Gasteiger partial charge in [-0.1, -0.05) is 48.6 Å². The van der Waals surface area contributed by atoms with Crippen molar-refractivity contribution in [3.63, 3.8) is 0 Å². The lowest BCUT2D eigenvalue weighted by molar-refractivity contribution is 0.360. The molecule has 3 rings (SSSR count). The van der Waals surface area contributed by atoms with Crippen LogP contribution in [-0.2, 0) is 6.42 Å². The molecule has 0 spiro atoms. The second-order valence-electron chi connectivity index (χ2n) is 4.50. The van der Waals surface area contributed by atoms with Crippen molar-refractivity contribution in [3.05, 3.63) is 65.7 Å². The Hall–Kier alpha value is -2.02. The lowest BCUT2D eigenvalue weighted by atomic mass is 10.1. The Morgan fingerprint density at radius 3 is 2.78 bits per heavy atom. The maximum absolute atomic E-state index is 5.83. The lowest BCUT2D eigenvalue weighted by Gasteiger charge is -2.08. The van der Waals surface area contributed by atoms with Crippen molar-refractivity contribution in [2.75, 3.05) is 6.61 Å². The van der Waals surface area contributed by atoms with Gasteiger partial charge in [0.1, 0.15) is 12.4 Å². The van der Waals surface area contributed by atoms with E-state index in [2.05, 4.69) is 42.5 Å². The molecular formula is C17H16O. The predicted molar refractivity (Wildman–Crippen MR) is 75.0 cm³/mol. The highest BCUT2D eigenvalue weighted by Gasteiger charge is 2.20. The summed E-state index contributed by atoms with van der Waals surface area (Å²) in [4.78, 5) is 0. The van der Waals surface area contributed by atoms with Crippen LogP contribution in [0.3, 0.4) is 0 Å². The Kier molecular flexibility index (Phi) is 2.89. The summed E-state index contributed by atoms with van der Waals surface area (Å²) in [6.45, 7) is 2.65. The van der Waals surface area contributed by atoms with Crippen LogP contribution in [0.2, 0.25) is 0 Å². The van der Waals surface area contributed by atoms with Crippen molar-refractivity contribution in [2.24, 2.45) is 0 Å². The van der Waals surface area contributed by atoms with Crippen LogP contribution in [0.25, 0.3) is 11.1 Å². The normalized spacial score (nSPS) is 12.5. The van der Waals surface area contributed by atoms with Crippen molar-refractivity contribution in [2.45, 2.75) is 13.3 Å². The van der Waals surface area contributed by atoms with Crippen LogP contribution in [0.15, 0.2) is 54.6 Å². The van der Waals surface area contributed by atoms with Gasteiger partial charge in [0, 0.05) is 12.0 Å². The fourth-order valence-electron chi connectivity index (χ4n) is 2.50. The summed E-state index contributed by atoms with van der Waals surface area (Å²) >= 11 is 0. The molecule has 0 fully saturated rings. The van der Waals surface area contributed by atoms with Gasteiger partial charge in [0.2, 0.25) is 0 Å². The van der Waals surface area contributed by atoms with E-state index in [-0.39, 0.29) is 0 Å². The molecule has 0 N–H and O–H groups in total. The van der Waals surface area contributed by atoms with Crippen molar-refractivity contribution in [1.29, 1.82) is 0 Å². The number of ether oxygens (including phenoxy) is 1. The third-order valence-electron chi connectivity index (χ3n) is 3.38. The molecule has 0 saturated heterocycles. The van der Waals surface area contributed by atoms with Gasteiger partial charge >= 0.3 is 0 Å². The number of fused-ring (bicyclic) bond motifs is 3. The van der Waals surface area contributed by atoms with E-state index in [4.69, 9.17) is 4.74 Å². The highest BCUT2D eigenvalue weighted by molar-refractivity contribution is 5.78. The first kappa shape index (κ1) is 11.1. The van der Waals surface area contributed by atoms with Crippen LogP contribution in [0.4, 0.5) is 0 Å². The van der Waals surface area contributed by atoms with Crippen molar-refractivity contribution in [1.82, 2.24) is 0 Å². The zero-order chi connectivity index (χ0) is 12.4. The molecule has 0 atom stereocenters. The summed E-state index contributed by atoms with van der Waals surface area (Å²) in [7, 11) is 0. The van der Waals surface area contributed by atoms with Crippen molar-refractivity contribution < 1.29 is 4.74 Å². The molecule has 0 amide bonds. The number of rotatable bonds is 3. The second-order valence-corrected chi connectivity index (χ2v) is 4.50. The van der Waals surface area contributed by atoms with E-state index in [9.17, 15) is 0 Å². The summed E-state index contributed by atoms with van der Waals surface area (Å²) < 4.78 is 5.83. The van der Waals surface area contributed by atoms with Gasteiger partial charge in [-0.25, -0.2) is 0 Å². The number of allylic oxidation sites excluding steroid dienone is 1. The fraction of sp³-hybridized carbons (Fsp3) is 0.176. The summed E-state index contributed by atoms with van der Waals surface area (Å²) in [5, 5.41) is 0. The van der Waals surface area contributed by atoms with Gasteiger partial charge in [0.15, 0.2) is 0 Å². The molecule has 1 nitrogen and oxygen atoms in total. The third kappa shape index (κ3) is 1.82. The minimum Gasteiger partial charge on any atom is -0.489 e. The third-order valence-corrected chi connectivity index (χ3v) is 3.38. The van der Waals surface area contributed by atoms with Crippen LogP contribution >= 0.6 is 0 Å². The minimum absolute atomic E-state index is 0.642. The molecule has 0 aliphatic heterocycles. The first-order valence-electron chi connectivity index (χ1n) is 6.34. The maximum atomic E-state index is 5.83. The van der Waals surface area contributed by atoms with Crippen LogP contribution < -0.4 is 4.74 Å². The Bertz CT molecular complexity index is 596. The van der Waals surface area contributed by atoms with E-state index in [1.54, 1.807) is 0 Å². The molecule has 0 saturated carbocycles. The monoisotopic (exact) mass is 236 g/mol. The minimum atomic E-state index is 0.642. The van der Waals surface area contributed by atoms with E-state index in [0.717, 1.165) is 12.2 Å². The van der Waals surface area contributed by atoms with Gasteiger partial charge in [0.25, 0.3) is 0 Å². The molecule has 0 unspecified atom stereocenters. The zero-order valence-electron chi connectivity index (χ0n) is 10.5. The van der Waals surface area contributed by atoms with E-state index >= 15 is 0 Å². The SMILES string of the molecule is CC=CCOc1cccc2c1Cc1ccccc1-2. The smallest absolute Gasteiger partial charge is 0.123 e. The van der Waals surface area contributed by atoms with Gasteiger partial charge < -0.3 is 4.74 Å². The van der Waals surface area contributed by atoms with E-state index in [1.807, 2.05) is 19.1 Å². The topological polar surface area (TPSA) is 9.23 Å². The molecule has 1 aliphatic rings. The number of hydrogen-bond donors (Lipinski definition) is 0. The molecule has 0 aromatic heterocycles.